The van der Waals surface area contributed by atoms with Gasteiger partial charge in [-0.1, -0.05) is 0 Å². The predicted molar refractivity (Wildman–Crippen MR) is 109 cm³/mol. The molecule has 29 heavy (non-hydrogen) atoms. The number of aryl methyl sites for hydroxylation is 2. The number of ether oxygens (including phenoxy) is 1. The molecule has 1 unspecified atom stereocenters. The molecule has 9 heteroatoms. The second-order valence-electron chi connectivity index (χ2n) is 7.61. The van der Waals surface area contributed by atoms with E-state index in [1.165, 1.54) is 9.47 Å². The van der Waals surface area contributed by atoms with Gasteiger partial charge in [-0.25, -0.2) is 13.4 Å². The first-order chi connectivity index (χ1) is 13.7. The summed E-state index contributed by atoms with van der Waals surface area (Å²) in [5.41, 5.74) is 3.35. The molecule has 1 amide bonds. The molecule has 8 nitrogen and oxygen atoms in total. The highest BCUT2D eigenvalue weighted by atomic mass is 32.2. The van der Waals surface area contributed by atoms with E-state index in [-0.39, 0.29) is 24.5 Å². The summed E-state index contributed by atoms with van der Waals surface area (Å²) in [7, 11) is -1.74. The van der Waals surface area contributed by atoms with Crippen LogP contribution in [0.3, 0.4) is 0 Å². The number of sulfone groups is 1. The van der Waals surface area contributed by atoms with E-state index in [9.17, 15) is 18.0 Å². The van der Waals surface area contributed by atoms with Gasteiger partial charge in [0.25, 0.3) is 5.56 Å². The fraction of sp³-hybridized carbons (Fsp3) is 0.450. The summed E-state index contributed by atoms with van der Waals surface area (Å²) in [6, 6.07) is 1.79. The van der Waals surface area contributed by atoms with E-state index >= 15 is 0 Å². The largest absolute Gasteiger partial charge is 0.474 e. The van der Waals surface area contributed by atoms with Gasteiger partial charge in [-0.3, -0.25) is 9.59 Å². The summed E-state index contributed by atoms with van der Waals surface area (Å²) in [5, 5.41) is -1.00. The van der Waals surface area contributed by atoms with Gasteiger partial charge < -0.3 is 14.2 Å². The smallest absolute Gasteiger partial charge is 0.253 e. The summed E-state index contributed by atoms with van der Waals surface area (Å²) < 4.78 is 31.8. The van der Waals surface area contributed by atoms with Crippen LogP contribution in [0.1, 0.15) is 24.0 Å². The molecular weight excluding hydrogens is 394 g/mol. The van der Waals surface area contributed by atoms with E-state index in [0.29, 0.717) is 30.0 Å². The highest BCUT2D eigenvalue weighted by Gasteiger charge is 2.42. The predicted octanol–water partition coefficient (Wildman–Crippen LogP) is 1.37. The van der Waals surface area contributed by atoms with Gasteiger partial charge in [0.2, 0.25) is 11.8 Å². The normalized spacial score (nSPS) is 20.2. The van der Waals surface area contributed by atoms with E-state index in [4.69, 9.17) is 4.74 Å². The molecule has 0 aromatic carbocycles. The van der Waals surface area contributed by atoms with Crippen molar-refractivity contribution in [3.63, 3.8) is 0 Å². The molecule has 1 saturated heterocycles. The molecule has 2 aromatic heterocycles. The van der Waals surface area contributed by atoms with Crippen molar-refractivity contribution < 1.29 is 17.9 Å². The fourth-order valence-corrected chi connectivity index (χ4v) is 5.93. The Morgan fingerprint density at radius 1 is 1.31 bits per heavy atom. The van der Waals surface area contributed by atoms with Crippen LogP contribution in [0.15, 0.2) is 23.3 Å². The third kappa shape index (κ3) is 3.23. The van der Waals surface area contributed by atoms with E-state index < -0.39 is 21.0 Å². The number of rotatable bonds is 2. The van der Waals surface area contributed by atoms with Gasteiger partial charge in [-0.05, 0) is 38.3 Å². The Morgan fingerprint density at radius 3 is 2.72 bits per heavy atom. The zero-order valence-corrected chi connectivity index (χ0v) is 17.5. The molecule has 0 aliphatic carbocycles. The third-order valence-electron chi connectivity index (χ3n) is 5.64. The van der Waals surface area contributed by atoms with Crippen LogP contribution in [0.25, 0.3) is 11.1 Å². The molecule has 0 saturated carbocycles. The molecule has 2 aliphatic heterocycles. The van der Waals surface area contributed by atoms with Gasteiger partial charge in [-0.2, -0.15) is 0 Å². The van der Waals surface area contributed by atoms with Crippen LogP contribution in [0.2, 0.25) is 0 Å². The summed E-state index contributed by atoms with van der Waals surface area (Å²) in [5.74, 6) is -0.0385. The Hall–Kier alpha value is -2.68. The maximum atomic E-state index is 13.1. The Kier molecular flexibility index (Phi) is 4.72. The number of anilines is 1. The van der Waals surface area contributed by atoms with Gasteiger partial charge in [0.05, 0.1) is 12.3 Å². The molecule has 4 heterocycles. The van der Waals surface area contributed by atoms with Gasteiger partial charge in [0.1, 0.15) is 17.5 Å². The zero-order valence-electron chi connectivity index (χ0n) is 16.6. The highest BCUT2D eigenvalue weighted by Crippen LogP contribution is 2.39. The molecule has 0 spiro atoms. The number of nitrogens with zero attached hydrogens (tertiary/aromatic N) is 3. The van der Waals surface area contributed by atoms with Crippen molar-refractivity contribution in [1.29, 1.82) is 0 Å². The van der Waals surface area contributed by atoms with E-state index in [2.05, 4.69) is 4.98 Å². The van der Waals surface area contributed by atoms with Gasteiger partial charge >= 0.3 is 0 Å². The van der Waals surface area contributed by atoms with Crippen molar-refractivity contribution in [2.24, 2.45) is 7.05 Å². The van der Waals surface area contributed by atoms with Crippen molar-refractivity contribution in [3.8, 4) is 17.0 Å². The molecule has 0 N–H and O–H groups in total. The van der Waals surface area contributed by atoms with Crippen molar-refractivity contribution in [1.82, 2.24) is 9.55 Å². The van der Waals surface area contributed by atoms with Crippen LogP contribution in [0.5, 0.6) is 5.88 Å². The van der Waals surface area contributed by atoms with E-state index in [1.807, 2.05) is 6.92 Å². The molecule has 2 aliphatic rings. The van der Waals surface area contributed by atoms with Crippen molar-refractivity contribution in [2.75, 3.05) is 23.8 Å². The highest BCUT2D eigenvalue weighted by molar-refractivity contribution is 7.93. The first-order valence-corrected chi connectivity index (χ1v) is 11.3. The average molecular weight is 417 g/mol. The lowest BCUT2D eigenvalue weighted by Gasteiger charge is -2.32. The lowest BCUT2D eigenvalue weighted by molar-refractivity contribution is -0.118. The van der Waals surface area contributed by atoms with Crippen molar-refractivity contribution >= 4 is 21.4 Å². The molecule has 0 radical (unpaired) electrons. The third-order valence-corrected chi connectivity index (χ3v) is 7.80. The first kappa shape index (κ1) is 19.6. The number of hydrogen-bond acceptors (Lipinski definition) is 6. The van der Waals surface area contributed by atoms with Crippen LogP contribution < -0.4 is 15.2 Å². The van der Waals surface area contributed by atoms with Crippen molar-refractivity contribution in [2.45, 2.75) is 31.9 Å². The number of pyridine rings is 2. The molecule has 2 aromatic rings. The Balaban J connectivity index is 1.82. The molecule has 0 bridgehead atoms. The summed E-state index contributed by atoms with van der Waals surface area (Å²) in [6.07, 6.45) is 4.24. The summed E-state index contributed by atoms with van der Waals surface area (Å²) >= 11 is 0. The van der Waals surface area contributed by atoms with E-state index in [1.54, 1.807) is 32.4 Å². The Bertz CT molecular complexity index is 1140. The fourth-order valence-electron chi connectivity index (χ4n) is 4.12. The van der Waals surface area contributed by atoms with Gasteiger partial charge in [0, 0.05) is 36.1 Å². The molecule has 1 atom stereocenters. The summed E-state index contributed by atoms with van der Waals surface area (Å²) in [6.45, 7) is 4.14. The van der Waals surface area contributed by atoms with Crippen LogP contribution in [0.4, 0.5) is 5.69 Å². The monoisotopic (exact) mass is 417 g/mol. The number of fused-ring (bicyclic) bond motifs is 1. The summed E-state index contributed by atoms with van der Waals surface area (Å²) in [4.78, 5) is 31.1. The topological polar surface area (TPSA) is 98.6 Å². The minimum atomic E-state index is -3.42. The van der Waals surface area contributed by atoms with Crippen LogP contribution in [-0.4, -0.2) is 48.0 Å². The Labute approximate surface area is 169 Å². The van der Waals surface area contributed by atoms with Gasteiger partial charge in [0.15, 0.2) is 9.84 Å². The Morgan fingerprint density at radius 2 is 2.07 bits per heavy atom. The maximum Gasteiger partial charge on any atom is 0.253 e. The second kappa shape index (κ2) is 6.98. The number of amides is 1. The first-order valence-electron chi connectivity index (χ1n) is 9.53. The molecule has 4 rings (SSSR count). The maximum absolute atomic E-state index is 13.1. The minimum Gasteiger partial charge on any atom is -0.474 e. The average Bonchev–Trinajstić information content (AvgIpc) is 3.04. The number of carbonyl (C=O) groups is 1. The second-order valence-corrected chi connectivity index (χ2v) is 9.92. The number of carbonyl (C=O) groups excluding carboxylic acids is 1. The zero-order chi connectivity index (χ0) is 20.9. The van der Waals surface area contributed by atoms with Crippen LogP contribution >= 0.6 is 0 Å². The number of aromatic nitrogens is 2. The molecular formula is C20H23N3O5S. The van der Waals surface area contributed by atoms with Crippen LogP contribution in [0, 0.1) is 13.8 Å². The van der Waals surface area contributed by atoms with E-state index in [0.717, 1.165) is 16.7 Å². The van der Waals surface area contributed by atoms with Gasteiger partial charge in [-0.15, -0.1) is 0 Å². The standard InChI is InChI=1S/C20H23N3O5S/c1-12-9-14(11-22(3)19(12)24)15-10-21-18-17(13(15)2)23(6-7-28-18)20(25)16-5-4-8-29(16,26)27/h9-11,16H,4-8H2,1-3H3. The lowest BCUT2D eigenvalue weighted by atomic mass is 10.0. The SMILES string of the molecule is Cc1c(-c2cc(C)c(=O)n(C)c2)cnc2c1N(C(=O)C1CCCS1(=O)=O)CCO2. The van der Waals surface area contributed by atoms with Crippen LogP contribution in [-0.2, 0) is 21.7 Å². The van der Waals surface area contributed by atoms with Crippen molar-refractivity contribution in [3.05, 3.63) is 39.9 Å². The number of hydrogen-bond donors (Lipinski definition) is 0. The molecule has 154 valence electrons. The molecule has 1 fully saturated rings. The quantitative estimate of drug-likeness (QED) is 0.732. The minimum absolute atomic E-state index is 0.0508. The lowest BCUT2D eigenvalue weighted by Crippen LogP contribution is -2.45.